The van der Waals surface area contributed by atoms with E-state index in [-0.39, 0.29) is 6.10 Å². The number of rotatable bonds is 7. The molecule has 0 radical (unpaired) electrons. The van der Waals surface area contributed by atoms with Gasteiger partial charge in [0.1, 0.15) is 17.7 Å². The Kier molecular flexibility index (Phi) is 5.51. The molecule has 0 spiro atoms. The third kappa shape index (κ3) is 4.03. The summed E-state index contributed by atoms with van der Waals surface area (Å²) in [6.45, 7) is 6.12. The van der Waals surface area contributed by atoms with Crippen molar-refractivity contribution in [1.82, 2.24) is 14.9 Å². The molecular weight excluding hydrogens is 290 g/mol. The molecule has 0 saturated carbocycles. The third-order valence-corrected chi connectivity index (χ3v) is 4.57. The molecule has 3 rings (SSSR count). The first-order chi connectivity index (χ1) is 11.3. The molecule has 2 aromatic rings. The van der Waals surface area contributed by atoms with E-state index in [4.69, 9.17) is 9.15 Å². The molecule has 0 bridgehead atoms. The van der Waals surface area contributed by atoms with E-state index >= 15 is 0 Å². The topological polar surface area (TPSA) is 52.2 Å². The lowest BCUT2D eigenvalue weighted by Crippen LogP contribution is -2.44. The van der Waals surface area contributed by atoms with Gasteiger partial charge in [-0.05, 0) is 45.2 Å². The van der Waals surface area contributed by atoms with Crippen LogP contribution in [-0.4, -0.2) is 28.2 Å². The zero-order valence-electron chi connectivity index (χ0n) is 14.1. The van der Waals surface area contributed by atoms with E-state index in [1.165, 1.54) is 0 Å². The molecule has 5 nitrogen and oxygen atoms in total. The van der Waals surface area contributed by atoms with E-state index in [9.17, 15) is 0 Å². The van der Waals surface area contributed by atoms with Gasteiger partial charge in [0.15, 0.2) is 0 Å². The lowest BCUT2D eigenvalue weighted by molar-refractivity contribution is -0.0205. The maximum absolute atomic E-state index is 6.06. The van der Waals surface area contributed by atoms with Crippen LogP contribution in [0.25, 0.3) is 0 Å². The fraction of sp³-hybridized carbons (Fsp3) is 0.611. The van der Waals surface area contributed by atoms with Crippen LogP contribution in [0, 0.1) is 0 Å². The van der Waals surface area contributed by atoms with Gasteiger partial charge in [0.05, 0.1) is 6.26 Å². The molecule has 0 aliphatic carbocycles. The highest BCUT2D eigenvalue weighted by molar-refractivity contribution is 5.03. The highest BCUT2D eigenvalue weighted by atomic mass is 16.5. The molecule has 0 unspecified atom stereocenters. The Bertz CT molecular complexity index is 579. The Morgan fingerprint density at radius 2 is 2.39 bits per heavy atom. The number of aryl methyl sites for hydroxylation is 2. The second-order valence-corrected chi connectivity index (χ2v) is 6.30. The van der Waals surface area contributed by atoms with Gasteiger partial charge in [-0.25, -0.2) is 4.98 Å². The van der Waals surface area contributed by atoms with Crippen molar-refractivity contribution in [2.24, 2.45) is 0 Å². The summed E-state index contributed by atoms with van der Waals surface area (Å²) in [5.41, 5.74) is 0. The van der Waals surface area contributed by atoms with Gasteiger partial charge in [-0.1, -0.05) is 0 Å². The van der Waals surface area contributed by atoms with Crippen LogP contribution >= 0.6 is 0 Å². The van der Waals surface area contributed by atoms with Gasteiger partial charge in [-0.2, -0.15) is 0 Å². The fourth-order valence-electron chi connectivity index (χ4n) is 3.31. The normalized spacial score (nSPS) is 23.0. The molecule has 126 valence electrons. The average molecular weight is 317 g/mol. The highest BCUT2D eigenvalue weighted by Gasteiger charge is 2.31. The number of hydrogen-bond acceptors (Lipinski definition) is 4. The lowest BCUT2D eigenvalue weighted by Gasteiger charge is -2.34. The number of ether oxygens (including phenoxy) is 1. The van der Waals surface area contributed by atoms with Crippen molar-refractivity contribution in [3.05, 3.63) is 42.4 Å². The first kappa shape index (κ1) is 16.3. The lowest BCUT2D eigenvalue weighted by atomic mass is 9.99. The quantitative estimate of drug-likeness (QED) is 0.851. The average Bonchev–Trinajstić information content (AvgIpc) is 3.24. The van der Waals surface area contributed by atoms with Crippen molar-refractivity contribution < 1.29 is 9.15 Å². The van der Waals surface area contributed by atoms with Crippen molar-refractivity contribution in [1.29, 1.82) is 0 Å². The minimum Gasteiger partial charge on any atom is -0.469 e. The predicted octanol–water partition coefficient (Wildman–Crippen LogP) is 3.33. The Balaban J connectivity index is 1.60. The first-order valence-corrected chi connectivity index (χ1v) is 8.69. The second kappa shape index (κ2) is 7.79. The van der Waals surface area contributed by atoms with Gasteiger partial charge in [-0.3, -0.25) is 0 Å². The SMILES string of the molecule is CCn1ccnc1[C@H]1OCCC[C@@H]1N[C@H](C)CCc1ccco1. The maximum atomic E-state index is 6.06. The third-order valence-electron chi connectivity index (χ3n) is 4.57. The van der Waals surface area contributed by atoms with Crippen LogP contribution in [0.4, 0.5) is 0 Å². The van der Waals surface area contributed by atoms with E-state index < -0.39 is 0 Å². The summed E-state index contributed by atoms with van der Waals surface area (Å²) in [5, 5.41) is 3.75. The summed E-state index contributed by atoms with van der Waals surface area (Å²) in [6.07, 6.45) is 9.94. The summed E-state index contributed by atoms with van der Waals surface area (Å²) in [5.74, 6) is 2.10. The molecule has 3 atom stereocenters. The standard InChI is InChI=1S/C18H27N3O2/c1-3-21-11-10-19-18(21)17-16(7-5-13-23-17)20-14(2)8-9-15-6-4-12-22-15/h4,6,10-12,14,16-17,20H,3,5,7-9,13H2,1-2H3/t14-,16+,17+/m1/s1. The smallest absolute Gasteiger partial charge is 0.139 e. The number of nitrogens with one attached hydrogen (secondary N) is 1. The van der Waals surface area contributed by atoms with E-state index in [1.807, 2.05) is 24.5 Å². The van der Waals surface area contributed by atoms with Crippen LogP contribution in [0.1, 0.15) is 50.8 Å². The summed E-state index contributed by atoms with van der Waals surface area (Å²) < 4.78 is 13.7. The minimum atomic E-state index is 0.0461. The number of imidazole rings is 1. The zero-order chi connectivity index (χ0) is 16.1. The van der Waals surface area contributed by atoms with Crippen molar-refractivity contribution in [3.8, 4) is 0 Å². The van der Waals surface area contributed by atoms with E-state index in [2.05, 4.69) is 28.7 Å². The van der Waals surface area contributed by atoms with Crippen LogP contribution in [0.15, 0.2) is 35.2 Å². The molecule has 0 aromatic carbocycles. The maximum Gasteiger partial charge on any atom is 0.139 e. The summed E-state index contributed by atoms with van der Waals surface area (Å²) in [6, 6.07) is 4.72. The highest BCUT2D eigenvalue weighted by Crippen LogP contribution is 2.28. The van der Waals surface area contributed by atoms with E-state index in [0.717, 1.165) is 50.4 Å². The second-order valence-electron chi connectivity index (χ2n) is 6.30. The summed E-state index contributed by atoms with van der Waals surface area (Å²) >= 11 is 0. The number of nitrogens with zero attached hydrogens (tertiary/aromatic N) is 2. The van der Waals surface area contributed by atoms with Gasteiger partial charge < -0.3 is 19.0 Å². The molecule has 23 heavy (non-hydrogen) atoms. The van der Waals surface area contributed by atoms with E-state index in [0.29, 0.717) is 12.1 Å². The molecule has 0 amide bonds. The summed E-state index contributed by atoms with van der Waals surface area (Å²) in [4.78, 5) is 4.54. The van der Waals surface area contributed by atoms with Crippen molar-refractivity contribution in [2.75, 3.05) is 6.61 Å². The molecule has 5 heteroatoms. The van der Waals surface area contributed by atoms with Crippen LogP contribution in [0.2, 0.25) is 0 Å². The van der Waals surface area contributed by atoms with Gasteiger partial charge in [-0.15, -0.1) is 0 Å². The fourth-order valence-corrected chi connectivity index (χ4v) is 3.31. The monoisotopic (exact) mass is 317 g/mol. The number of furan rings is 1. The first-order valence-electron chi connectivity index (χ1n) is 8.69. The molecular formula is C18H27N3O2. The van der Waals surface area contributed by atoms with E-state index in [1.54, 1.807) is 6.26 Å². The molecule has 3 heterocycles. The van der Waals surface area contributed by atoms with Crippen LogP contribution in [-0.2, 0) is 17.7 Å². The Hall–Kier alpha value is -1.59. The van der Waals surface area contributed by atoms with Gasteiger partial charge in [0.25, 0.3) is 0 Å². The van der Waals surface area contributed by atoms with Gasteiger partial charge in [0, 0.05) is 44.0 Å². The van der Waals surface area contributed by atoms with Gasteiger partial charge >= 0.3 is 0 Å². The number of hydrogen-bond donors (Lipinski definition) is 1. The van der Waals surface area contributed by atoms with Crippen molar-refractivity contribution in [2.45, 2.75) is 64.3 Å². The van der Waals surface area contributed by atoms with Gasteiger partial charge in [0.2, 0.25) is 0 Å². The van der Waals surface area contributed by atoms with Crippen molar-refractivity contribution in [3.63, 3.8) is 0 Å². The van der Waals surface area contributed by atoms with Crippen LogP contribution in [0.3, 0.4) is 0 Å². The van der Waals surface area contributed by atoms with Crippen LogP contribution in [0.5, 0.6) is 0 Å². The number of aromatic nitrogens is 2. The van der Waals surface area contributed by atoms with Crippen molar-refractivity contribution >= 4 is 0 Å². The Morgan fingerprint density at radius 1 is 1.48 bits per heavy atom. The molecule has 1 N–H and O–H groups in total. The predicted molar refractivity (Wildman–Crippen MR) is 89.2 cm³/mol. The molecule has 1 aliphatic heterocycles. The Labute approximate surface area is 138 Å². The molecule has 1 fully saturated rings. The van der Waals surface area contributed by atoms with Crippen LogP contribution < -0.4 is 5.32 Å². The summed E-state index contributed by atoms with van der Waals surface area (Å²) in [7, 11) is 0. The Morgan fingerprint density at radius 3 is 3.17 bits per heavy atom. The molecule has 1 saturated heterocycles. The largest absolute Gasteiger partial charge is 0.469 e. The minimum absolute atomic E-state index is 0.0461. The zero-order valence-corrected chi connectivity index (χ0v) is 14.1. The molecule has 2 aromatic heterocycles. The molecule has 1 aliphatic rings.